The molecule has 1 rings (SSSR count). The third-order valence-electron chi connectivity index (χ3n) is 2.04. The number of nitrogens with zero attached hydrogens (tertiary/aromatic N) is 2. The van der Waals surface area contributed by atoms with Crippen LogP contribution in [-0.4, -0.2) is 36.8 Å². The zero-order chi connectivity index (χ0) is 13.7. The van der Waals surface area contributed by atoms with E-state index in [0.29, 0.717) is 17.1 Å². The second-order valence-corrected chi connectivity index (χ2v) is 3.50. The second-order valence-electron chi connectivity index (χ2n) is 3.12. The molecule has 7 nitrogen and oxygen atoms in total. The summed E-state index contributed by atoms with van der Waals surface area (Å²) in [6, 6.07) is 3.27. The number of halogens is 1. The van der Waals surface area contributed by atoms with Crippen molar-refractivity contribution in [2.24, 2.45) is 10.8 Å². The van der Waals surface area contributed by atoms with Gasteiger partial charge in [0.15, 0.2) is 11.5 Å². The lowest BCUT2D eigenvalue weighted by atomic mass is 10.2. The molecular formula is C10H13ClN4O3. The van der Waals surface area contributed by atoms with E-state index < -0.39 is 5.96 Å². The fourth-order valence-electron chi connectivity index (χ4n) is 1.18. The maximum absolute atomic E-state index is 9.09. The second kappa shape index (κ2) is 6.08. The van der Waals surface area contributed by atoms with Crippen molar-refractivity contribution >= 4 is 23.8 Å². The number of guanidine groups is 1. The molecule has 0 fully saturated rings. The van der Waals surface area contributed by atoms with Gasteiger partial charge in [-0.2, -0.15) is 5.10 Å². The van der Waals surface area contributed by atoms with Crippen LogP contribution in [0.25, 0.3) is 0 Å². The Bertz CT molecular complexity index is 478. The maximum Gasteiger partial charge on any atom is 0.236 e. The van der Waals surface area contributed by atoms with Crippen molar-refractivity contribution < 1.29 is 14.7 Å². The maximum atomic E-state index is 9.09. The van der Waals surface area contributed by atoms with E-state index in [2.05, 4.69) is 5.10 Å². The van der Waals surface area contributed by atoms with E-state index >= 15 is 0 Å². The first-order chi connectivity index (χ1) is 8.51. The number of rotatable bonds is 4. The topological polar surface area (TPSA) is 104 Å². The fraction of sp³-hybridized carbons (Fsp3) is 0.200. The number of hydroxylamine groups is 1. The van der Waals surface area contributed by atoms with Crippen LogP contribution in [0.5, 0.6) is 11.5 Å². The summed E-state index contributed by atoms with van der Waals surface area (Å²) in [6.07, 6.45) is 1.24. The molecule has 0 aliphatic rings. The Morgan fingerprint density at radius 2 is 2.17 bits per heavy atom. The van der Waals surface area contributed by atoms with Crippen LogP contribution in [0, 0.1) is 5.41 Å². The van der Waals surface area contributed by atoms with Gasteiger partial charge in [-0.15, -0.1) is 5.17 Å². The van der Waals surface area contributed by atoms with Crippen molar-refractivity contribution in [1.82, 2.24) is 5.17 Å². The molecule has 0 radical (unpaired) electrons. The third-order valence-corrected chi connectivity index (χ3v) is 2.43. The number of nitrogens with one attached hydrogen (secondary N) is 1. The minimum Gasteiger partial charge on any atom is -0.493 e. The van der Waals surface area contributed by atoms with Gasteiger partial charge in [0, 0.05) is 5.56 Å². The van der Waals surface area contributed by atoms with E-state index in [1.807, 2.05) is 0 Å². The molecule has 0 unspecified atom stereocenters. The minimum absolute atomic E-state index is 0.215. The zero-order valence-corrected chi connectivity index (χ0v) is 10.6. The van der Waals surface area contributed by atoms with Gasteiger partial charge in [-0.1, -0.05) is 11.6 Å². The molecule has 18 heavy (non-hydrogen) atoms. The summed E-state index contributed by atoms with van der Waals surface area (Å²) in [5.41, 5.74) is 5.49. The molecule has 0 aromatic heterocycles. The molecule has 0 saturated carbocycles. The fourth-order valence-corrected chi connectivity index (χ4v) is 1.47. The van der Waals surface area contributed by atoms with Gasteiger partial charge in [0.25, 0.3) is 0 Å². The number of hydrogen-bond acceptors (Lipinski definition) is 5. The van der Waals surface area contributed by atoms with Gasteiger partial charge in [-0.25, -0.2) is 0 Å². The first-order valence-electron chi connectivity index (χ1n) is 4.78. The minimum atomic E-state index is -0.608. The van der Waals surface area contributed by atoms with Crippen LogP contribution in [0.1, 0.15) is 5.56 Å². The molecule has 98 valence electrons. The predicted molar refractivity (Wildman–Crippen MR) is 67.7 cm³/mol. The van der Waals surface area contributed by atoms with Crippen molar-refractivity contribution in [1.29, 1.82) is 5.41 Å². The highest BCUT2D eigenvalue weighted by atomic mass is 35.5. The molecule has 8 heteroatoms. The standard InChI is InChI=1S/C10H13ClN4O3/c1-17-7-4-3-6(8(11)9(7)18-2)5-14-15(16)10(12)13/h3-5,16H,1-2H3,(H3,12,13). The predicted octanol–water partition coefficient (Wildman–Crippen LogP) is 1.28. The Labute approximate surface area is 109 Å². The summed E-state index contributed by atoms with van der Waals surface area (Å²) >= 11 is 6.07. The van der Waals surface area contributed by atoms with E-state index in [1.165, 1.54) is 20.4 Å². The van der Waals surface area contributed by atoms with E-state index in [-0.39, 0.29) is 10.2 Å². The van der Waals surface area contributed by atoms with Crippen LogP contribution in [0.2, 0.25) is 5.02 Å². The Balaban J connectivity index is 3.08. The Morgan fingerprint density at radius 1 is 1.50 bits per heavy atom. The summed E-state index contributed by atoms with van der Waals surface area (Å²) in [5, 5.41) is 20.0. The van der Waals surface area contributed by atoms with Crippen molar-refractivity contribution in [3.8, 4) is 11.5 Å². The normalized spacial score (nSPS) is 10.4. The molecule has 0 aliphatic carbocycles. The number of ether oxygens (including phenoxy) is 2. The van der Waals surface area contributed by atoms with Crippen LogP contribution < -0.4 is 15.2 Å². The summed E-state index contributed by atoms with van der Waals surface area (Å²) < 4.78 is 10.2. The smallest absolute Gasteiger partial charge is 0.236 e. The molecule has 0 heterocycles. The Kier molecular flexibility index (Phi) is 4.75. The number of methoxy groups -OCH3 is 2. The summed E-state index contributed by atoms with van der Waals surface area (Å²) in [7, 11) is 2.95. The van der Waals surface area contributed by atoms with Gasteiger partial charge in [-0.05, 0) is 12.1 Å². The molecule has 0 amide bonds. The number of benzene rings is 1. The molecule has 0 aliphatic heterocycles. The van der Waals surface area contributed by atoms with Gasteiger partial charge in [0.05, 0.1) is 25.5 Å². The van der Waals surface area contributed by atoms with Gasteiger partial charge in [0.2, 0.25) is 5.96 Å². The Morgan fingerprint density at radius 3 is 2.67 bits per heavy atom. The van der Waals surface area contributed by atoms with Crippen LogP contribution in [0.4, 0.5) is 0 Å². The molecule has 0 bridgehead atoms. The van der Waals surface area contributed by atoms with Crippen LogP contribution in [0.3, 0.4) is 0 Å². The highest BCUT2D eigenvalue weighted by Crippen LogP contribution is 2.36. The number of nitrogens with two attached hydrogens (primary N) is 1. The molecule has 1 aromatic rings. The SMILES string of the molecule is COc1ccc(C=NN(O)C(=N)N)c(Cl)c1OC. The van der Waals surface area contributed by atoms with Crippen molar-refractivity contribution in [2.75, 3.05) is 14.2 Å². The number of hydrogen-bond donors (Lipinski definition) is 3. The van der Waals surface area contributed by atoms with Crippen LogP contribution >= 0.6 is 11.6 Å². The van der Waals surface area contributed by atoms with Gasteiger partial charge < -0.3 is 15.2 Å². The largest absolute Gasteiger partial charge is 0.493 e. The lowest BCUT2D eigenvalue weighted by Gasteiger charge is -2.11. The monoisotopic (exact) mass is 272 g/mol. The first kappa shape index (κ1) is 14.1. The summed E-state index contributed by atoms with van der Waals surface area (Å²) in [5.74, 6) is 0.227. The molecular weight excluding hydrogens is 260 g/mol. The van der Waals surface area contributed by atoms with Crippen molar-refractivity contribution in [3.05, 3.63) is 22.7 Å². The molecule has 0 spiro atoms. The van der Waals surface area contributed by atoms with Crippen LogP contribution in [0.15, 0.2) is 17.2 Å². The first-order valence-corrected chi connectivity index (χ1v) is 5.16. The average molecular weight is 273 g/mol. The highest BCUT2D eigenvalue weighted by Gasteiger charge is 2.12. The van der Waals surface area contributed by atoms with Gasteiger partial charge in [-0.3, -0.25) is 10.6 Å². The van der Waals surface area contributed by atoms with Crippen LogP contribution in [-0.2, 0) is 0 Å². The van der Waals surface area contributed by atoms with Crippen molar-refractivity contribution in [2.45, 2.75) is 0 Å². The number of hydrazone groups is 1. The lowest BCUT2D eigenvalue weighted by molar-refractivity contribution is -0.0139. The molecule has 1 aromatic carbocycles. The van der Waals surface area contributed by atoms with E-state index in [0.717, 1.165) is 0 Å². The van der Waals surface area contributed by atoms with Gasteiger partial charge >= 0.3 is 0 Å². The van der Waals surface area contributed by atoms with E-state index in [4.69, 9.17) is 37.4 Å². The molecule has 4 N–H and O–H groups in total. The zero-order valence-electron chi connectivity index (χ0n) is 9.85. The van der Waals surface area contributed by atoms with Crippen molar-refractivity contribution in [3.63, 3.8) is 0 Å². The summed E-state index contributed by atoms with van der Waals surface area (Å²) in [6.45, 7) is 0. The summed E-state index contributed by atoms with van der Waals surface area (Å²) in [4.78, 5) is 0. The molecule has 0 saturated heterocycles. The Hall–Kier alpha value is -1.99. The quantitative estimate of drug-likeness (QED) is 0.435. The lowest BCUT2D eigenvalue weighted by Crippen LogP contribution is -2.28. The molecule has 0 atom stereocenters. The average Bonchev–Trinajstić information content (AvgIpc) is 2.36. The van der Waals surface area contributed by atoms with Gasteiger partial charge in [0.1, 0.15) is 0 Å². The van der Waals surface area contributed by atoms with E-state index in [1.54, 1.807) is 12.1 Å². The third kappa shape index (κ3) is 3.02. The highest BCUT2D eigenvalue weighted by molar-refractivity contribution is 6.34. The van der Waals surface area contributed by atoms with E-state index in [9.17, 15) is 0 Å².